The van der Waals surface area contributed by atoms with Crippen LogP contribution in [-0.2, 0) is 14.2 Å². The van der Waals surface area contributed by atoms with Gasteiger partial charge in [-0.15, -0.1) is 0 Å². The maximum absolute atomic E-state index is 12.5. The molecule has 1 unspecified atom stereocenters. The van der Waals surface area contributed by atoms with Crippen LogP contribution in [0.15, 0.2) is 30.3 Å². The van der Waals surface area contributed by atoms with Crippen molar-refractivity contribution in [2.75, 3.05) is 6.61 Å². The third-order valence-electron chi connectivity index (χ3n) is 5.27. The van der Waals surface area contributed by atoms with Crippen LogP contribution in [0.2, 0.25) is 0 Å². The Hall–Kier alpha value is -1.39. The largest absolute Gasteiger partial charge is 0.456 e. The minimum atomic E-state index is -0.426. The Kier molecular flexibility index (Phi) is 6.49. The quantitative estimate of drug-likeness (QED) is 0.522. The maximum atomic E-state index is 12.5. The fraction of sp³-hybridized carbons (Fsp3) is 0.667. The van der Waals surface area contributed by atoms with Crippen molar-refractivity contribution < 1.29 is 19.0 Å². The lowest BCUT2D eigenvalue weighted by atomic mass is 9.94. The lowest BCUT2D eigenvalue weighted by Gasteiger charge is -2.32. The molecule has 2 fully saturated rings. The smallest absolute Gasteiger partial charge is 0.338 e. The topological polar surface area (TPSA) is 44.8 Å². The number of benzene rings is 1. The molecule has 1 aromatic rings. The summed E-state index contributed by atoms with van der Waals surface area (Å²) in [5.41, 5.74) is 0.592. The molecule has 0 bridgehead atoms. The van der Waals surface area contributed by atoms with E-state index < -0.39 is 5.79 Å². The van der Waals surface area contributed by atoms with Gasteiger partial charge in [-0.2, -0.15) is 0 Å². The molecule has 138 valence electrons. The van der Waals surface area contributed by atoms with Crippen LogP contribution in [0.5, 0.6) is 0 Å². The van der Waals surface area contributed by atoms with Gasteiger partial charge >= 0.3 is 5.97 Å². The molecule has 2 atom stereocenters. The lowest BCUT2D eigenvalue weighted by molar-refractivity contribution is -0.196. The molecule has 0 radical (unpaired) electrons. The van der Waals surface area contributed by atoms with Crippen LogP contribution in [0.25, 0.3) is 0 Å². The van der Waals surface area contributed by atoms with Gasteiger partial charge in [0.25, 0.3) is 0 Å². The molecular weight excluding hydrogens is 316 g/mol. The van der Waals surface area contributed by atoms with Gasteiger partial charge in [0.2, 0.25) is 0 Å². The number of unbranched alkanes of at least 4 members (excludes halogenated alkanes) is 2. The summed E-state index contributed by atoms with van der Waals surface area (Å²) in [6.45, 7) is 2.70. The van der Waals surface area contributed by atoms with Crippen LogP contribution in [0.4, 0.5) is 0 Å². The van der Waals surface area contributed by atoms with Crippen LogP contribution < -0.4 is 0 Å². The van der Waals surface area contributed by atoms with Gasteiger partial charge in [-0.1, -0.05) is 44.4 Å². The molecule has 1 spiro atoms. The number of carbonyl (C=O) groups excluding carboxylic acids is 1. The van der Waals surface area contributed by atoms with E-state index in [0.717, 1.165) is 51.4 Å². The minimum Gasteiger partial charge on any atom is -0.456 e. The third kappa shape index (κ3) is 4.83. The Balaban J connectivity index is 1.63. The summed E-state index contributed by atoms with van der Waals surface area (Å²) in [5, 5.41) is 0. The van der Waals surface area contributed by atoms with Gasteiger partial charge in [0.05, 0.1) is 12.2 Å². The summed E-state index contributed by atoms with van der Waals surface area (Å²) in [5.74, 6) is -0.694. The highest BCUT2D eigenvalue weighted by atomic mass is 16.8. The van der Waals surface area contributed by atoms with Crippen LogP contribution in [0.1, 0.15) is 75.1 Å². The summed E-state index contributed by atoms with van der Waals surface area (Å²) in [7, 11) is 0. The fourth-order valence-corrected chi connectivity index (χ4v) is 3.81. The average molecular weight is 346 g/mol. The highest BCUT2D eigenvalue weighted by molar-refractivity contribution is 5.89. The Labute approximate surface area is 150 Å². The van der Waals surface area contributed by atoms with Crippen LogP contribution in [-0.4, -0.2) is 30.6 Å². The third-order valence-corrected chi connectivity index (χ3v) is 5.27. The number of hydrogen-bond acceptors (Lipinski definition) is 4. The zero-order valence-corrected chi connectivity index (χ0v) is 15.2. The molecule has 25 heavy (non-hydrogen) atoms. The molecule has 1 saturated carbocycles. The van der Waals surface area contributed by atoms with E-state index in [4.69, 9.17) is 14.2 Å². The Morgan fingerprint density at radius 3 is 2.68 bits per heavy atom. The van der Waals surface area contributed by atoms with E-state index in [1.165, 1.54) is 6.42 Å². The normalized spacial score (nSPS) is 23.5. The molecule has 0 amide bonds. The van der Waals surface area contributed by atoms with Crippen molar-refractivity contribution in [3.63, 3.8) is 0 Å². The van der Waals surface area contributed by atoms with E-state index in [1.54, 1.807) is 12.1 Å². The van der Waals surface area contributed by atoms with E-state index >= 15 is 0 Å². The van der Waals surface area contributed by atoms with E-state index in [-0.39, 0.29) is 18.2 Å². The molecule has 2 aliphatic rings. The SMILES string of the molecule is CCCCCC(OC(=O)c1ccccc1)[C@H]1COC2(CCCCC2)O1. The fourth-order valence-electron chi connectivity index (χ4n) is 3.81. The van der Waals surface area contributed by atoms with Gasteiger partial charge in [-0.25, -0.2) is 4.79 Å². The minimum absolute atomic E-state index is 0.150. The first-order chi connectivity index (χ1) is 12.2. The molecule has 0 aromatic heterocycles. The van der Waals surface area contributed by atoms with E-state index in [1.807, 2.05) is 18.2 Å². The second-order valence-corrected chi connectivity index (χ2v) is 7.24. The Morgan fingerprint density at radius 2 is 1.96 bits per heavy atom. The summed E-state index contributed by atoms with van der Waals surface area (Å²) in [4.78, 5) is 12.5. The Morgan fingerprint density at radius 1 is 1.20 bits per heavy atom. The van der Waals surface area contributed by atoms with Crippen molar-refractivity contribution in [2.24, 2.45) is 0 Å². The monoisotopic (exact) mass is 346 g/mol. The lowest BCUT2D eigenvalue weighted by Crippen LogP contribution is -2.37. The number of esters is 1. The summed E-state index contributed by atoms with van der Waals surface area (Å²) >= 11 is 0. The molecule has 1 aromatic carbocycles. The zero-order chi connectivity index (χ0) is 17.5. The standard InChI is InChI=1S/C21H30O4/c1-2-3-6-13-18(24-20(22)17-11-7-4-8-12-17)19-16-23-21(25-19)14-9-5-10-15-21/h4,7-8,11-12,18-19H,2-3,5-6,9-10,13-16H2,1H3/t18?,19-/m1/s1. The molecule has 1 heterocycles. The highest BCUT2D eigenvalue weighted by Gasteiger charge is 2.45. The highest BCUT2D eigenvalue weighted by Crippen LogP contribution is 2.39. The van der Waals surface area contributed by atoms with Gasteiger partial charge in [0.1, 0.15) is 12.2 Å². The summed E-state index contributed by atoms with van der Waals surface area (Å²) < 4.78 is 18.2. The van der Waals surface area contributed by atoms with Crippen molar-refractivity contribution in [3.8, 4) is 0 Å². The predicted molar refractivity (Wildman–Crippen MR) is 96.4 cm³/mol. The van der Waals surface area contributed by atoms with E-state index in [9.17, 15) is 4.79 Å². The first-order valence-electron chi connectivity index (χ1n) is 9.80. The maximum Gasteiger partial charge on any atom is 0.338 e. The van der Waals surface area contributed by atoms with Crippen molar-refractivity contribution in [1.82, 2.24) is 0 Å². The van der Waals surface area contributed by atoms with Crippen LogP contribution in [0, 0.1) is 0 Å². The first kappa shape index (κ1) is 18.4. The van der Waals surface area contributed by atoms with E-state index in [0.29, 0.717) is 12.2 Å². The van der Waals surface area contributed by atoms with Gasteiger partial charge in [-0.05, 0) is 37.8 Å². The molecule has 4 nitrogen and oxygen atoms in total. The van der Waals surface area contributed by atoms with Crippen molar-refractivity contribution >= 4 is 5.97 Å². The van der Waals surface area contributed by atoms with Crippen LogP contribution >= 0.6 is 0 Å². The Bertz CT molecular complexity index is 536. The molecule has 4 heteroatoms. The van der Waals surface area contributed by atoms with Crippen molar-refractivity contribution in [1.29, 1.82) is 0 Å². The molecule has 3 rings (SSSR count). The van der Waals surface area contributed by atoms with Crippen molar-refractivity contribution in [2.45, 2.75) is 82.7 Å². The van der Waals surface area contributed by atoms with Crippen molar-refractivity contribution in [3.05, 3.63) is 35.9 Å². The summed E-state index contributed by atoms with van der Waals surface area (Å²) in [6, 6.07) is 9.19. The zero-order valence-electron chi connectivity index (χ0n) is 15.2. The molecular formula is C21H30O4. The number of hydrogen-bond donors (Lipinski definition) is 0. The predicted octanol–water partition coefficient (Wildman–Crippen LogP) is 4.87. The van der Waals surface area contributed by atoms with E-state index in [2.05, 4.69) is 6.92 Å². The van der Waals surface area contributed by atoms with Gasteiger partial charge in [-0.3, -0.25) is 0 Å². The average Bonchev–Trinajstić information content (AvgIpc) is 3.05. The second-order valence-electron chi connectivity index (χ2n) is 7.24. The second kappa shape index (κ2) is 8.81. The van der Waals surface area contributed by atoms with Gasteiger partial charge in [0.15, 0.2) is 5.79 Å². The molecule has 0 N–H and O–H groups in total. The van der Waals surface area contributed by atoms with Gasteiger partial charge in [0, 0.05) is 12.8 Å². The number of rotatable bonds is 7. The molecule has 1 aliphatic carbocycles. The number of carbonyl (C=O) groups is 1. The summed E-state index contributed by atoms with van der Waals surface area (Å²) in [6.07, 6.45) is 9.23. The first-order valence-corrected chi connectivity index (χ1v) is 9.80. The van der Waals surface area contributed by atoms with Gasteiger partial charge < -0.3 is 14.2 Å². The molecule has 1 saturated heterocycles. The van der Waals surface area contributed by atoms with Crippen LogP contribution in [0.3, 0.4) is 0 Å². The molecule has 1 aliphatic heterocycles. The number of ether oxygens (including phenoxy) is 3.